The summed E-state index contributed by atoms with van der Waals surface area (Å²) >= 11 is 0. The number of carbonyl (C=O) groups is 2. The minimum Gasteiger partial charge on any atom is -0.354 e. The van der Waals surface area contributed by atoms with E-state index in [2.05, 4.69) is 5.32 Å². The summed E-state index contributed by atoms with van der Waals surface area (Å²) in [6.45, 7) is 7.68. The second kappa shape index (κ2) is 12.7. The molecule has 1 atom stereocenters. The standard InChI is InChI=1S/C26H36FN3O4S/c1-6-16-28-26(32)23(7-2)29(17-20-12-14-21(27)15-13-20)25(31)18-30(35(5,33)34)24-11-9-8-10-22(24)19(3)4/h8-15,19,23H,6-7,16-18H2,1-5H3,(H,28,32)/t23-/m0/s1. The van der Waals surface area contributed by atoms with Crippen LogP contribution in [-0.4, -0.2) is 50.5 Å². The molecule has 0 aliphatic carbocycles. The van der Waals surface area contributed by atoms with Crippen LogP contribution in [0.5, 0.6) is 0 Å². The van der Waals surface area contributed by atoms with Crippen LogP contribution in [-0.2, 0) is 26.2 Å². The number of para-hydroxylation sites is 1. The van der Waals surface area contributed by atoms with Crippen LogP contribution in [0.25, 0.3) is 0 Å². The fourth-order valence-corrected chi connectivity index (χ4v) is 4.74. The third kappa shape index (κ3) is 7.78. The van der Waals surface area contributed by atoms with Crippen molar-refractivity contribution >= 4 is 27.5 Å². The first-order valence-corrected chi connectivity index (χ1v) is 13.7. The number of nitrogens with zero attached hydrogens (tertiary/aromatic N) is 2. The van der Waals surface area contributed by atoms with Crippen molar-refractivity contribution in [2.45, 2.75) is 59.0 Å². The third-order valence-electron chi connectivity index (χ3n) is 5.71. The Morgan fingerprint density at radius 1 is 1.03 bits per heavy atom. The van der Waals surface area contributed by atoms with Crippen LogP contribution in [0, 0.1) is 5.82 Å². The molecule has 0 unspecified atom stereocenters. The molecule has 0 radical (unpaired) electrons. The van der Waals surface area contributed by atoms with Crippen molar-refractivity contribution in [2.24, 2.45) is 0 Å². The number of carbonyl (C=O) groups excluding carboxylic acids is 2. The Kier molecular flexibility index (Phi) is 10.2. The van der Waals surface area contributed by atoms with E-state index < -0.39 is 34.3 Å². The normalized spacial score (nSPS) is 12.3. The number of amides is 2. The van der Waals surface area contributed by atoms with E-state index in [0.717, 1.165) is 22.5 Å². The quantitative estimate of drug-likeness (QED) is 0.472. The summed E-state index contributed by atoms with van der Waals surface area (Å²) in [6.07, 6.45) is 2.14. The fraction of sp³-hybridized carbons (Fsp3) is 0.462. The molecule has 9 heteroatoms. The van der Waals surface area contributed by atoms with Gasteiger partial charge in [-0.05, 0) is 48.1 Å². The minimum absolute atomic E-state index is 0.0316. The maximum Gasteiger partial charge on any atom is 0.244 e. The van der Waals surface area contributed by atoms with Gasteiger partial charge in [0.2, 0.25) is 21.8 Å². The van der Waals surface area contributed by atoms with E-state index in [1.807, 2.05) is 32.9 Å². The van der Waals surface area contributed by atoms with Crippen molar-refractivity contribution < 1.29 is 22.4 Å². The molecule has 2 aromatic carbocycles. The van der Waals surface area contributed by atoms with Gasteiger partial charge in [0.1, 0.15) is 18.4 Å². The van der Waals surface area contributed by atoms with E-state index in [9.17, 15) is 22.4 Å². The van der Waals surface area contributed by atoms with Crippen molar-refractivity contribution in [1.82, 2.24) is 10.2 Å². The van der Waals surface area contributed by atoms with E-state index in [1.165, 1.54) is 17.0 Å². The van der Waals surface area contributed by atoms with Crippen LogP contribution < -0.4 is 9.62 Å². The highest BCUT2D eigenvalue weighted by Crippen LogP contribution is 2.29. The van der Waals surface area contributed by atoms with Crippen LogP contribution >= 0.6 is 0 Å². The summed E-state index contributed by atoms with van der Waals surface area (Å²) in [7, 11) is -3.81. The molecule has 0 spiro atoms. The number of rotatable bonds is 12. The van der Waals surface area contributed by atoms with Crippen molar-refractivity contribution in [3.63, 3.8) is 0 Å². The lowest BCUT2D eigenvalue weighted by Crippen LogP contribution is -2.52. The Labute approximate surface area is 208 Å². The van der Waals surface area contributed by atoms with Crippen LogP contribution in [0.2, 0.25) is 0 Å². The van der Waals surface area contributed by atoms with Gasteiger partial charge in [-0.1, -0.05) is 58.0 Å². The first kappa shape index (κ1) is 28.3. The summed E-state index contributed by atoms with van der Waals surface area (Å²) < 4.78 is 40.2. The molecule has 0 fully saturated rings. The van der Waals surface area contributed by atoms with Crippen LogP contribution in [0.15, 0.2) is 48.5 Å². The maximum atomic E-state index is 13.7. The SMILES string of the molecule is CCCNC(=O)[C@H](CC)N(Cc1ccc(F)cc1)C(=O)CN(c1ccccc1C(C)C)S(C)(=O)=O. The largest absolute Gasteiger partial charge is 0.354 e. The van der Waals surface area contributed by atoms with Crippen molar-refractivity contribution in [3.05, 3.63) is 65.5 Å². The number of halogens is 1. The molecule has 1 N–H and O–H groups in total. The van der Waals surface area contributed by atoms with E-state index in [0.29, 0.717) is 24.2 Å². The number of benzene rings is 2. The van der Waals surface area contributed by atoms with Crippen molar-refractivity contribution in [1.29, 1.82) is 0 Å². The molecular weight excluding hydrogens is 469 g/mol. The zero-order valence-corrected chi connectivity index (χ0v) is 21.9. The fourth-order valence-electron chi connectivity index (χ4n) is 3.87. The van der Waals surface area contributed by atoms with Gasteiger partial charge in [-0.25, -0.2) is 12.8 Å². The van der Waals surface area contributed by atoms with Gasteiger partial charge in [-0.15, -0.1) is 0 Å². The van der Waals surface area contributed by atoms with Gasteiger partial charge < -0.3 is 10.2 Å². The summed E-state index contributed by atoms with van der Waals surface area (Å²) in [5.41, 5.74) is 1.86. The van der Waals surface area contributed by atoms with Gasteiger partial charge in [0.25, 0.3) is 0 Å². The number of hydrogen-bond donors (Lipinski definition) is 1. The molecule has 0 aromatic heterocycles. The lowest BCUT2D eigenvalue weighted by molar-refractivity contribution is -0.140. The number of hydrogen-bond acceptors (Lipinski definition) is 4. The topological polar surface area (TPSA) is 86.8 Å². The zero-order valence-electron chi connectivity index (χ0n) is 21.1. The average Bonchev–Trinajstić information content (AvgIpc) is 2.81. The molecule has 7 nitrogen and oxygen atoms in total. The Balaban J connectivity index is 2.48. The summed E-state index contributed by atoms with van der Waals surface area (Å²) in [4.78, 5) is 28.0. The molecule has 2 amide bonds. The van der Waals surface area contributed by atoms with Crippen molar-refractivity contribution in [3.8, 4) is 0 Å². The van der Waals surface area contributed by atoms with Gasteiger partial charge in [0, 0.05) is 13.1 Å². The Hall–Kier alpha value is -2.94. The average molecular weight is 506 g/mol. The summed E-state index contributed by atoms with van der Waals surface area (Å²) in [5.74, 6) is -1.20. The molecule has 0 saturated carbocycles. The highest BCUT2D eigenvalue weighted by atomic mass is 32.2. The van der Waals surface area contributed by atoms with E-state index in [1.54, 1.807) is 31.2 Å². The van der Waals surface area contributed by atoms with Crippen LogP contribution in [0.3, 0.4) is 0 Å². The Bertz CT molecular complexity index is 1100. The van der Waals surface area contributed by atoms with Gasteiger partial charge in [0.05, 0.1) is 11.9 Å². The first-order chi connectivity index (χ1) is 16.5. The van der Waals surface area contributed by atoms with Crippen LogP contribution in [0.1, 0.15) is 57.6 Å². The predicted octanol–water partition coefficient (Wildman–Crippen LogP) is 4.05. The summed E-state index contributed by atoms with van der Waals surface area (Å²) in [5, 5.41) is 2.83. The molecule has 0 heterocycles. The molecule has 0 saturated heterocycles. The second-order valence-electron chi connectivity index (χ2n) is 8.85. The highest BCUT2D eigenvalue weighted by molar-refractivity contribution is 7.92. The van der Waals surface area contributed by atoms with Crippen LogP contribution in [0.4, 0.5) is 10.1 Å². The van der Waals surface area contributed by atoms with Gasteiger partial charge in [-0.2, -0.15) is 0 Å². The number of sulfonamides is 1. The molecule has 2 rings (SSSR count). The van der Waals surface area contributed by atoms with Gasteiger partial charge in [0.15, 0.2) is 0 Å². The van der Waals surface area contributed by atoms with Gasteiger partial charge >= 0.3 is 0 Å². The number of nitrogens with one attached hydrogen (secondary N) is 1. The minimum atomic E-state index is -3.81. The molecule has 0 aliphatic rings. The monoisotopic (exact) mass is 505 g/mol. The maximum absolute atomic E-state index is 13.7. The third-order valence-corrected chi connectivity index (χ3v) is 6.83. The van der Waals surface area contributed by atoms with Crippen molar-refractivity contribution in [2.75, 3.05) is 23.7 Å². The second-order valence-corrected chi connectivity index (χ2v) is 10.8. The van der Waals surface area contributed by atoms with E-state index in [-0.39, 0.29) is 18.4 Å². The molecule has 2 aromatic rings. The lowest BCUT2D eigenvalue weighted by atomic mass is 10.0. The van der Waals surface area contributed by atoms with E-state index >= 15 is 0 Å². The summed E-state index contributed by atoms with van der Waals surface area (Å²) in [6, 6.07) is 11.9. The molecule has 0 aliphatic heterocycles. The van der Waals surface area contributed by atoms with E-state index in [4.69, 9.17) is 0 Å². The Morgan fingerprint density at radius 3 is 2.20 bits per heavy atom. The zero-order chi connectivity index (χ0) is 26.2. The smallest absolute Gasteiger partial charge is 0.244 e. The molecule has 0 bridgehead atoms. The molecule has 35 heavy (non-hydrogen) atoms. The highest BCUT2D eigenvalue weighted by Gasteiger charge is 2.32. The predicted molar refractivity (Wildman–Crippen MR) is 137 cm³/mol. The number of anilines is 1. The molecule has 192 valence electrons. The van der Waals surface area contributed by atoms with Gasteiger partial charge in [-0.3, -0.25) is 13.9 Å². The lowest BCUT2D eigenvalue weighted by Gasteiger charge is -2.33. The Morgan fingerprint density at radius 2 is 1.66 bits per heavy atom. The first-order valence-electron chi connectivity index (χ1n) is 11.9. The molecular formula is C26H36FN3O4S.